The summed E-state index contributed by atoms with van der Waals surface area (Å²) in [5.41, 5.74) is 0.465. The number of carboxylic acid groups (broad SMARTS) is 2. The molecule has 2 rings (SSSR count). The second-order valence-corrected chi connectivity index (χ2v) is 7.86. The SMILES string of the molecule is CCOC(=O)c1cc(CC)sc1NC(=O)CCNC1CCCCC1.O=C(O)C(=O)O. The molecular formula is C20H30N2O7S. The molecule has 1 amide bonds. The Morgan fingerprint density at radius 3 is 2.27 bits per heavy atom. The number of rotatable bonds is 8. The van der Waals surface area contributed by atoms with Crippen molar-refractivity contribution in [2.45, 2.75) is 64.8 Å². The first-order valence-corrected chi connectivity index (χ1v) is 10.9. The molecule has 0 bridgehead atoms. The summed E-state index contributed by atoms with van der Waals surface area (Å²) in [6.45, 7) is 4.81. The number of amides is 1. The van der Waals surface area contributed by atoms with E-state index in [1.165, 1.54) is 43.4 Å². The predicted molar refractivity (Wildman–Crippen MR) is 113 cm³/mol. The molecule has 168 valence electrons. The largest absolute Gasteiger partial charge is 0.473 e. The molecule has 30 heavy (non-hydrogen) atoms. The molecule has 10 heteroatoms. The van der Waals surface area contributed by atoms with E-state index in [4.69, 9.17) is 24.5 Å². The van der Waals surface area contributed by atoms with E-state index in [1.807, 2.05) is 13.0 Å². The molecule has 0 aromatic carbocycles. The summed E-state index contributed by atoms with van der Waals surface area (Å²) in [4.78, 5) is 43.5. The summed E-state index contributed by atoms with van der Waals surface area (Å²) in [7, 11) is 0. The van der Waals surface area contributed by atoms with Crippen molar-refractivity contribution in [2.24, 2.45) is 0 Å². The molecule has 1 aliphatic carbocycles. The van der Waals surface area contributed by atoms with Gasteiger partial charge in [-0.1, -0.05) is 26.2 Å². The molecule has 1 aliphatic rings. The first-order chi connectivity index (χ1) is 14.3. The zero-order valence-corrected chi connectivity index (χ0v) is 18.2. The van der Waals surface area contributed by atoms with Gasteiger partial charge in [0.1, 0.15) is 5.00 Å². The Morgan fingerprint density at radius 2 is 1.73 bits per heavy atom. The van der Waals surface area contributed by atoms with Crippen LogP contribution in [0.4, 0.5) is 5.00 Å². The summed E-state index contributed by atoms with van der Waals surface area (Å²) in [6.07, 6.45) is 7.55. The van der Waals surface area contributed by atoms with Crippen LogP contribution in [-0.2, 0) is 25.5 Å². The van der Waals surface area contributed by atoms with Crippen molar-refractivity contribution >= 4 is 40.2 Å². The predicted octanol–water partition coefficient (Wildman–Crippen LogP) is 2.89. The summed E-state index contributed by atoms with van der Waals surface area (Å²) in [5, 5.41) is 21.7. The van der Waals surface area contributed by atoms with Gasteiger partial charge in [-0.15, -0.1) is 11.3 Å². The van der Waals surface area contributed by atoms with Gasteiger partial charge in [-0.05, 0) is 32.3 Å². The lowest BCUT2D eigenvalue weighted by molar-refractivity contribution is -0.159. The summed E-state index contributed by atoms with van der Waals surface area (Å²) < 4.78 is 5.07. The highest BCUT2D eigenvalue weighted by Crippen LogP contribution is 2.29. The van der Waals surface area contributed by atoms with Gasteiger partial charge in [0.05, 0.1) is 12.2 Å². The van der Waals surface area contributed by atoms with Crippen molar-refractivity contribution in [1.82, 2.24) is 5.32 Å². The van der Waals surface area contributed by atoms with E-state index in [2.05, 4.69) is 10.6 Å². The van der Waals surface area contributed by atoms with Crippen molar-refractivity contribution in [2.75, 3.05) is 18.5 Å². The van der Waals surface area contributed by atoms with Gasteiger partial charge in [0.15, 0.2) is 0 Å². The van der Waals surface area contributed by atoms with Crippen LogP contribution in [0, 0.1) is 0 Å². The average molecular weight is 443 g/mol. The van der Waals surface area contributed by atoms with Gasteiger partial charge in [-0.25, -0.2) is 14.4 Å². The molecule has 1 heterocycles. The summed E-state index contributed by atoms with van der Waals surface area (Å²) in [5.74, 6) is -4.08. The minimum absolute atomic E-state index is 0.0617. The van der Waals surface area contributed by atoms with E-state index in [1.54, 1.807) is 6.92 Å². The molecule has 9 nitrogen and oxygen atoms in total. The summed E-state index contributed by atoms with van der Waals surface area (Å²) >= 11 is 1.45. The fraction of sp³-hybridized carbons (Fsp3) is 0.600. The van der Waals surface area contributed by atoms with Crippen molar-refractivity contribution in [3.8, 4) is 0 Å². The number of hydrogen-bond acceptors (Lipinski definition) is 7. The lowest BCUT2D eigenvalue weighted by atomic mass is 9.95. The maximum Gasteiger partial charge on any atom is 0.414 e. The Balaban J connectivity index is 0.000000656. The number of carbonyl (C=O) groups excluding carboxylic acids is 2. The molecule has 4 N–H and O–H groups in total. The van der Waals surface area contributed by atoms with Crippen LogP contribution < -0.4 is 10.6 Å². The minimum atomic E-state index is -1.82. The maximum absolute atomic E-state index is 12.2. The molecule has 0 unspecified atom stereocenters. The minimum Gasteiger partial charge on any atom is -0.473 e. The van der Waals surface area contributed by atoms with Gasteiger partial charge in [-0.3, -0.25) is 4.79 Å². The van der Waals surface area contributed by atoms with Crippen LogP contribution in [-0.4, -0.2) is 53.2 Å². The Morgan fingerprint density at radius 1 is 1.10 bits per heavy atom. The van der Waals surface area contributed by atoms with Gasteiger partial charge in [0.2, 0.25) is 5.91 Å². The van der Waals surface area contributed by atoms with Crippen molar-refractivity contribution in [3.05, 3.63) is 16.5 Å². The standard InChI is InChI=1S/C18H28N2O3S.C2H2O4/c1-3-14-12-15(18(22)23-4-2)17(24-14)20-16(21)10-11-19-13-8-6-5-7-9-13;3-1(4)2(5)6/h12-13,19H,3-11H2,1-2H3,(H,20,21);(H,3,4)(H,5,6). The third-order valence-electron chi connectivity index (χ3n) is 4.45. The van der Waals surface area contributed by atoms with Gasteiger partial charge in [-0.2, -0.15) is 0 Å². The van der Waals surface area contributed by atoms with E-state index >= 15 is 0 Å². The molecule has 0 atom stereocenters. The molecule has 0 aliphatic heterocycles. The van der Waals surface area contributed by atoms with Crippen LogP contribution in [0.15, 0.2) is 6.07 Å². The number of anilines is 1. The molecule has 0 spiro atoms. The van der Waals surface area contributed by atoms with E-state index in [-0.39, 0.29) is 11.9 Å². The average Bonchev–Trinajstić information content (AvgIpc) is 3.12. The molecule has 1 aromatic heterocycles. The molecule has 1 fully saturated rings. The fourth-order valence-electron chi connectivity index (χ4n) is 2.96. The van der Waals surface area contributed by atoms with Crippen LogP contribution in [0.3, 0.4) is 0 Å². The number of aliphatic carboxylic acids is 2. The number of ether oxygens (including phenoxy) is 1. The van der Waals surface area contributed by atoms with Gasteiger partial charge >= 0.3 is 17.9 Å². The highest BCUT2D eigenvalue weighted by molar-refractivity contribution is 7.16. The monoisotopic (exact) mass is 442 g/mol. The molecular weight excluding hydrogens is 412 g/mol. The lowest BCUT2D eigenvalue weighted by Crippen LogP contribution is -2.33. The van der Waals surface area contributed by atoms with E-state index < -0.39 is 11.9 Å². The zero-order valence-electron chi connectivity index (χ0n) is 17.4. The van der Waals surface area contributed by atoms with Crippen LogP contribution >= 0.6 is 11.3 Å². The third kappa shape index (κ3) is 9.36. The highest BCUT2D eigenvalue weighted by Gasteiger charge is 2.19. The Hall–Kier alpha value is -2.46. The quantitative estimate of drug-likeness (QED) is 0.356. The van der Waals surface area contributed by atoms with Crippen LogP contribution in [0.25, 0.3) is 0 Å². The van der Waals surface area contributed by atoms with Crippen molar-refractivity contribution < 1.29 is 34.1 Å². The first kappa shape index (κ1) is 25.6. The Bertz CT molecular complexity index is 715. The van der Waals surface area contributed by atoms with Crippen LogP contribution in [0.1, 0.15) is 67.6 Å². The van der Waals surface area contributed by atoms with Crippen molar-refractivity contribution in [3.63, 3.8) is 0 Å². The second-order valence-electron chi connectivity index (χ2n) is 6.73. The smallest absolute Gasteiger partial charge is 0.414 e. The maximum atomic E-state index is 12.2. The number of aryl methyl sites for hydroxylation is 1. The number of esters is 1. The van der Waals surface area contributed by atoms with Crippen LogP contribution in [0.2, 0.25) is 0 Å². The van der Waals surface area contributed by atoms with E-state index in [0.29, 0.717) is 36.2 Å². The fourth-order valence-corrected chi connectivity index (χ4v) is 3.96. The van der Waals surface area contributed by atoms with E-state index in [9.17, 15) is 9.59 Å². The lowest BCUT2D eigenvalue weighted by Gasteiger charge is -2.22. The molecule has 0 radical (unpaired) electrons. The first-order valence-electron chi connectivity index (χ1n) is 10.1. The van der Waals surface area contributed by atoms with Gasteiger partial charge in [0, 0.05) is 23.9 Å². The number of carboxylic acids is 2. The van der Waals surface area contributed by atoms with Gasteiger partial charge < -0.3 is 25.6 Å². The Labute approximate surface area is 179 Å². The normalized spacial score (nSPS) is 13.7. The van der Waals surface area contributed by atoms with Crippen molar-refractivity contribution in [1.29, 1.82) is 0 Å². The molecule has 1 saturated carbocycles. The van der Waals surface area contributed by atoms with E-state index in [0.717, 1.165) is 11.3 Å². The topological polar surface area (TPSA) is 142 Å². The zero-order chi connectivity index (χ0) is 22.5. The highest BCUT2D eigenvalue weighted by atomic mass is 32.1. The number of carbonyl (C=O) groups is 4. The summed E-state index contributed by atoms with van der Waals surface area (Å²) in [6, 6.07) is 2.37. The second kappa shape index (κ2) is 13.7. The third-order valence-corrected chi connectivity index (χ3v) is 5.65. The number of thiophene rings is 1. The Kier molecular flexibility index (Phi) is 11.7. The number of hydrogen-bond donors (Lipinski definition) is 4. The van der Waals surface area contributed by atoms with Crippen LogP contribution in [0.5, 0.6) is 0 Å². The molecule has 0 saturated heterocycles. The van der Waals surface area contributed by atoms with Gasteiger partial charge in [0.25, 0.3) is 0 Å². The molecule has 1 aromatic rings. The number of nitrogens with one attached hydrogen (secondary N) is 2.